The highest BCUT2D eigenvalue weighted by atomic mass is 16.5. The molecule has 1 aliphatic heterocycles. The van der Waals surface area contributed by atoms with Gasteiger partial charge in [0.15, 0.2) is 0 Å². The molecule has 0 radical (unpaired) electrons. The molecular weight excluding hydrogens is 196 g/mol. The van der Waals surface area contributed by atoms with Gasteiger partial charge >= 0.3 is 0 Å². The summed E-state index contributed by atoms with van der Waals surface area (Å²) in [5.74, 6) is 2.19. The van der Waals surface area contributed by atoms with Gasteiger partial charge in [-0.15, -0.1) is 0 Å². The van der Waals surface area contributed by atoms with E-state index in [9.17, 15) is 0 Å². The molecular formula is C15H20O. The highest BCUT2D eigenvalue weighted by molar-refractivity contribution is 5.48. The summed E-state index contributed by atoms with van der Waals surface area (Å²) in [4.78, 5) is 0. The monoisotopic (exact) mass is 216 g/mol. The Balaban J connectivity index is 2.57. The van der Waals surface area contributed by atoms with E-state index in [0.29, 0.717) is 0 Å². The fourth-order valence-electron chi connectivity index (χ4n) is 2.66. The zero-order valence-electron chi connectivity index (χ0n) is 10.6. The molecule has 16 heavy (non-hydrogen) atoms. The van der Waals surface area contributed by atoms with Crippen molar-refractivity contribution in [2.24, 2.45) is 5.41 Å². The lowest BCUT2D eigenvalue weighted by Gasteiger charge is -2.38. The van der Waals surface area contributed by atoms with E-state index in [1.165, 1.54) is 11.1 Å². The van der Waals surface area contributed by atoms with Crippen molar-refractivity contribution in [1.82, 2.24) is 0 Å². The minimum Gasteiger partial charge on any atom is -0.461 e. The SMILES string of the molecule is CC=C1/C(=C\C)OC2=C(C=CCC2)C1(C)C. The molecule has 86 valence electrons. The minimum atomic E-state index is 0.0705. The van der Waals surface area contributed by atoms with Gasteiger partial charge in [0.05, 0.1) is 0 Å². The Morgan fingerprint density at radius 3 is 2.62 bits per heavy atom. The summed E-state index contributed by atoms with van der Waals surface area (Å²) in [6.45, 7) is 8.68. The maximum Gasteiger partial charge on any atom is 0.126 e. The predicted molar refractivity (Wildman–Crippen MR) is 67.8 cm³/mol. The van der Waals surface area contributed by atoms with Crippen molar-refractivity contribution >= 4 is 0 Å². The third kappa shape index (κ3) is 1.55. The van der Waals surface area contributed by atoms with Crippen LogP contribution in [0.25, 0.3) is 0 Å². The molecule has 1 heterocycles. The summed E-state index contributed by atoms with van der Waals surface area (Å²) in [5, 5.41) is 0. The average Bonchev–Trinajstić information content (AvgIpc) is 2.28. The zero-order valence-corrected chi connectivity index (χ0v) is 10.6. The summed E-state index contributed by atoms with van der Waals surface area (Å²) in [7, 11) is 0. The van der Waals surface area contributed by atoms with Crippen molar-refractivity contribution in [3.63, 3.8) is 0 Å². The van der Waals surface area contributed by atoms with Gasteiger partial charge in [-0.3, -0.25) is 0 Å². The van der Waals surface area contributed by atoms with Crippen LogP contribution in [0.1, 0.15) is 40.5 Å². The van der Waals surface area contributed by atoms with Crippen LogP contribution in [0.3, 0.4) is 0 Å². The van der Waals surface area contributed by atoms with Crippen molar-refractivity contribution in [2.75, 3.05) is 0 Å². The topological polar surface area (TPSA) is 9.23 Å². The van der Waals surface area contributed by atoms with E-state index in [-0.39, 0.29) is 5.41 Å². The number of rotatable bonds is 0. The van der Waals surface area contributed by atoms with E-state index in [1.807, 2.05) is 6.92 Å². The van der Waals surface area contributed by atoms with Crippen LogP contribution in [-0.4, -0.2) is 0 Å². The highest BCUT2D eigenvalue weighted by Gasteiger charge is 2.37. The normalized spacial score (nSPS) is 28.2. The molecule has 1 nitrogen and oxygen atoms in total. The number of hydrogen-bond acceptors (Lipinski definition) is 1. The first kappa shape index (κ1) is 11.3. The molecule has 0 N–H and O–H groups in total. The Labute approximate surface area is 98.2 Å². The lowest BCUT2D eigenvalue weighted by molar-refractivity contribution is 0.246. The molecule has 0 aromatic rings. The van der Waals surface area contributed by atoms with E-state index in [1.54, 1.807) is 0 Å². The van der Waals surface area contributed by atoms with Crippen LogP contribution in [-0.2, 0) is 4.74 Å². The number of hydrogen-bond donors (Lipinski definition) is 0. The molecule has 0 fully saturated rings. The summed E-state index contributed by atoms with van der Waals surface area (Å²) < 4.78 is 6.00. The van der Waals surface area contributed by atoms with Gasteiger partial charge in [0.25, 0.3) is 0 Å². The van der Waals surface area contributed by atoms with Crippen LogP contribution in [0.4, 0.5) is 0 Å². The maximum atomic E-state index is 6.00. The second-order valence-corrected chi connectivity index (χ2v) is 4.86. The van der Waals surface area contributed by atoms with Gasteiger partial charge in [0.2, 0.25) is 0 Å². The van der Waals surface area contributed by atoms with Gasteiger partial charge in [-0.05, 0) is 26.3 Å². The van der Waals surface area contributed by atoms with Gasteiger partial charge in [0.1, 0.15) is 11.5 Å². The Morgan fingerprint density at radius 1 is 1.25 bits per heavy atom. The van der Waals surface area contributed by atoms with E-state index in [0.717, 1.165) is 24.4 Å². The van der Waals surface area contributed by atoms with Gasteiger partial charge in [0, 0.05) is 23.0 Å². The van der Waals surface area contributed by atoms with Crippen LogP contribution >= 0.6 is 0 Å². The van der Waals surface area contributed by atoms with Crippen LogP contribution < -0.4 is 0 Å². The summed E-state index contributed by atoms with van der Waals surface area (Å²) in [6, 6.07) is 0. The van der Waals surface area contributed by atoms with E-state index >= 15 is 0 Å². The van der Waals surface area contributed by atoms with Crippen molar-refractivity contribution in [3.8, 4) is 0 Å². The molecule has 0 bridgehead atoms. The van der Waals surface area contributed by atoms with Crippen molar-refractivity contribution in [2.45, 2.75) is 40.5 Å². The fourth-order valence-corrected chi connectivity index (χ4v) is 2.66. The molecule has 1 aliphatic carbocycles. The molecule has 0 atom stereocenters. The molecule has 2 aliphatic rings. The lowest BCUT2D eigenvalue weighted by Crippen LogP contribution is -2.27. The molecule has 0 aromatic heterocycles. The second-order valence-electron chi connectivity index (χ2n) is 4.86. The smallest absolute Gasteiger partial charge is 0.126 e. The van der Waals surface area contributed by atoms with Crippen LogP contribution in [0, 0.1) is 5.41 Å². The Kier molecular flexibility index (Phi) is 2.79. The van der Waals surface area contributed by atoms with Crippen molar-refractivity contribution in [1.29, 1.82) is 0 Å². The van der Waals surface area contributed by atoms with Gasteiger partial charge in [-0.1, -0.05) is 32.1 Å². The van der Waals surface area contributed by atoms with Crippen LogP contribution in [0.2, 0.25) is 0 Å². The maximum absolute atomic E-state index is 6.00. The third-order valence-electron chi connectivity index (χ3n) is 3.52. The second kappa shape index (κ2) is 3.97. The fraction of sp³-hybridized carbons (Fsp3) is 0.467. The molecule has 0 amide bonds. The first-order valence-corrected chi connectivity index (χ1v) is 6.02. The predicted octanol–water partition coefficient (Wildman–Crippen LogP) is 4.50. The first-order chi connectivity index (χ1) is 7.61. The molecule has 0 unspecified atom stereocenters. The molecule has 0 saturated heterocycles. The number of ether oxygens (including phenoxy) is 1. The first-order valence-electron chi connectivity index (χ1n) is 6.02. The van der Waals surface area contributed by atoms with Crippen molar-refractivity contribution in [3.05, 3.63) is 47.0 Å². The zero-order chi connectivity index (χ0) is 11.8. The van der Waals surface area contributed by atoms with Gasteiger partial charge < -0.3 is 4.74 Å². The highest BCUT2D eigenvalue weighted by Crippen LogP contribution is 2.48. The minimum absolute atomic E-state index is 0.0705. The Bertz CT molecular complexity index is 417. The molecule has 0 spiro atoms. The molecule has 2 rings (SSSR count). The third-order valence-corrected chi connectivity index (χ3v) is 3.52. The summed E-state index contributed by atoms with van der Waals surface area (Å²) in [6.07, 6.45) is 10.8. The molecule has 0 aromatic carbocycles. The van der Waals surface area contributed by atoms with Crippen LogP contribution in [0.15, 0.2) is 47.0 Å². The van der Waals surface area contributed by atoms with Crippen molar-refractivity contribution < 1.29 is 4.74 Å². The van der Waals surface area contributed by atoms with Crippen LogP contribution in [0.5, 0.6) is 0 Å². The number of allylic oxidation sites excluding steroid dienone is 7. The van der Waals surface area contributed by atoms with E-state index in [4.69, 9.17) is 4.74 Å². The molecule has 1 heteroatoms. The average molecular weight is 216 g/mol. The Hall–Kier alpha value is -1.24. The van der Waals surface area contributed by atoms with Gasteiger partial charge in [-0.25, -0.2) is 0 Å². The largest absolute Gasteiger partial charge is 0.461 e. The molecule has 0 saturated carbocycles. The van der Waals surface area contributed by atoms with E-state index < -0.39 is 0 Å². The summed E-state index contributed by atoms with van der Waals surface area (Å²) in [5.41, 5.74) is 2.71. The van der Waals surface area contributed by atoms with Gasteiger partial charge in [-0.2, -0.15) is 0 Å². The Morgan fingerprint density at radius 2 is 2.00 bits per heavy atom. The summed E-state index contributed by atoms with van der Waals surface area (Å²) >= 11 is 0. The lowest BCUT2D eigenvalue weighted by atomic mass is 9.72. The standard InChI is InChI=1S/C15H20O/c1-5-11-13(6-2)16-14-10-8-7-9-12(14)15(11,3)4/h5-7,9H,8,10H2,1-4H3/b11-5?,13-6+. The quantitative estimate of drug-likeness (QED) is 0.579. The van der Waals surface area contributed by atoms with E-state index in [2.05, 4.69) is 45.1 Å².